The molecular formula is C12H17N3O5S. The van der Waals surface area contributed by atoms with Gasteiger partial charge < -0.3 is 20.1 Å². The number of nitrogens with one attached hydrogen (secondary N) is 1. The van der Waals surface area contributed by atoms with Gasteiger partial charge in [0.15, 0.2) is 5.69 Å². The second-order valence-corrected chi connectivity index (χ2v) is 4.95. The summed E-state index contributed by atoms with van der Waals surface area (Å²) >= 11 is 1.23. The van der Waals surface area contributed by atoms with E-state index in [4.69, 9.17) is 5.11 Å². The van der Waals surface area contributed by atoms with Crippen molar-refractivity contribution in [1.29, 1.82) is 0 Å². The fraction of sp³-hybridized carbons (Fsp3) is 0.500. The van der Waals surface area contributed by atoms with Gasteiger partial charge in [0, 0.05) is 24.9 Å². The largest absolute Gasteiger partial charge is 0.476 e. The fourth-order valence-corrected chi connectivity index (χ4v) is 2.23. The third-order valence-corrected chi connectivity index (χ3v) is 3.51. The monoisotopic (exact) mass is 315 g/mol. The number of hydrogen-bond donors (Lipinski definition) is 2. The quantitative estimate of drug-likeness (QED) is 0.713. The molecule has 0 aromatic carbocycles. The van der Waals surface area contributed by atoms with Gasteiger partial charge in [0.2, 0.25) is 0 Å². The highest BCUT2D eigenvalue weighted by molar-refractivity contribution is 7.09. The van der Waals surface area contributed by atoms with Crippen molar-refractivity contribution in [2.24, 2.45) is 0 Å². The Morgan fingerprint density at radius 3 is 2.71 bits per heavy atom. The van der Waals surface area contributed by atoms with Crippen molar-refractivity contribution < 1.29 is 24.2 Å². The number of esters is 1. The Hall–Kier alpha value is -2.16. The van der Waals surface area contributed by atoms with Crippen LogP contribution in [0.2, 0.25) is 0 Å². The maximum atomic E-state index is 11.8. The second kappa shape index (κ2) is 8.20. The van der Waals surface area contributed by atoms with Crippen molar-refractivity contribution in [3.8, 4) is 0 Å². The lowest BCUT2D eigenvalue weighted by atomic mass is 10.4. The lowest BCUT2D eigenvalue weighted by molar-refractivity contribution is -0.141. The summed E-state index contributed by atoms with van der Waals surface area (Å²) in [7, 11) is 1.26. The van der Waals surface area contributed by atoms with E-state index < -0.39 is 11.9 Å². The minimum atomic E-state index is -1.07. The normalized spacial score (nSPS) is 10.0. The Bertz CT molecular complexity index is 517. The number of methoxy groups -OCH3 is 1. The van der Waals surface area contributed by atoms with Crippen LogP contribution in [-0.4, -0.2) is 59.7 Å². The van der Waals surface area contributed by atoms with E-state index in [-0.39, 0.29) is 18.3 Å². The molecule has 0 fully saturated rings. The number of aromatic nitrogens is 1. The minimum Gasteiger partial charge on any atom is -0.476 e. The van der Waals surface area contributed by atoms with Crippen LogP contribution in [0.25, 0.3) is 0 Å². The molecule has 116 valence electrons. The zero-order valence-corrected chi connectivity index (χ0v) is 12.6. The average Bonchev–Trinajstić information content (AvgIpc) is 2.93. The molecule has 9 heteroatoms. The van der Waals surface area contributed by atoms with Crippen LogP contribution in [0.15, 0.2) is 5.38 Å². The number of carboxylic acid groups (broad SMARTS) is 1. The third kappa shape index (κ3) is 5.38. The highest BCUT2D eigenvalue weighted by atomic mass is 32.1. The van der Waals surface area contributed by atoms with E-state index >= 15 is 0 Å². The maximum absolute atomic E-state index is 11.8. The summed E-state index contributed by atoms with van der Waals surface area (Å²) in [6.07, 6.45) is 0.430. The van der Waals surface area contributed by atoms with Gasteiger partial charge in [-0.2, -0.15) is 0 Å². The van der Waals surface area contributed by atoms with Crippen LogP contribution >= 0.6 is 11.3 Å². The van der Waals surface area contributed by atoms with Crippen LogP contribution in [0.3, 0.4) is 0 Å². The summed E-state index contributed by atoms with van der Waals surface area (Å²) in [5.41, 5.74) is 0.00204. The van der Waals surface area contributed by atoms with E-state index in [1.54, 1.807) is 6.92 Å². The molecule has 0 aliphatic carbocycles. The molecule has 0 aliphatic rings. The molecule has 21 heavy (non-hydrogen) atoms. The van der Waals surface area contributed by atoms with E-state index in [0.29, 0.717) is 24.5 Å². The van der Waals surface area contributed by atoms with Crippen molar-refractivity contribution in [1.82, 2.24) is 15.2 Å². The van der Waals surface area contributed by atoms with Crippen molar-refractivity contribution in [3.05, 3.63) is 16.1 Å². The number of likely N-dealkylation sites (N-methyl/N-ethyl adjacent to an activating group) is 1. The Balaban J connectivity index is 2.40. The molecule has 8 nitrogen and oxygen atoms in total. The van der Waals surface area contributed by atoms with Crippen molar-refractivity contribution in [2.75, 3.05) is 26.7 Å². The lowest BCUT2D eigenvalue weighted by Crippen LogP contribution is -2.43. The fourth-order valence-electron chi connectivity index (χ4n) is 1.46. The summed E-state index contributed by atoms with van der Waals surface area (Å²) in [4.78, 5) is 38.9. The molecular weight excluding hydrogens is 298 g/mol. The maximum Gasteiger partial charge on any atom is 0.355 e. The number of nitrogens with zero attached hydrogens (tertiary/aromatic N) is 2. The zero-order chi connectivity index (χ0) is 15.8. The third-order valence-electron chi connectivity index (χ3n) is 2.60. The smallest absolute Gasteiger partial charge is 0.355 e. The number of thiazole rings is 1. The second-order valence-electron chi connectivity index (χ2n) is 4.00. The van der Waals surface area contributed by atoms with Crippen molar-refractivity contribution >= 4 is 29.3 Å². The van der Waals surface area contributed by atoms with Gasteiger partial charge in [0.1, 0.15) is 6.54 Å². The van der Waals surface area contributed by atoms with Crippen molar-refractivity contribution in [2.45, 2.75) is 13.3 Å². The predicted octanol–water partition coefficient (Wildman–Crippen LogP) is 0.588. The molecule has 0 radical (unpaired) electrons. The van der Waals surface area contributed by atoms with E-state index in [0.717, 1.165) is 0 Å². The Morgan fingerprint density at radius 2 is 2.19 bits per heavy atom. The summed E-state index contributed by atoms with van der Waals surface area (Å²) in [6.45, 7) is 2.33. The number of carbonyl (C=O) groups excluding carboxylic acids is 2. The number of urea groups is 1. The molecule has 0 saturated heterocycles. The number of carboxylic acids is 1. The first-order valence-corrected chi connectivity index (χ1v) is 7.13. The number of hydrogen-bond acceptors (Lipinski definition) is 6. The number of ether oxygens (including phenoxy) is 1. The topological polar surface area (TPSA) is 109 Å². The van der Waals surface area contributed by atoms with Gasteiger partial charge >= 0.3 is 18.0 Å². The van der Waals surface area contributed by atoms with Crippen molar-refractivity contribution in [3.63, 3.8) is 0 Å². The molecule has 0 spiro atoms. The first kappa shape index (κ1) is 16.9. The van der Waals surface area contributed by atoms with Crippen LogP contribution in [-0.2, 0) is 16.0 Å². The standard InChI is InChI=1S/C12H17N3O5S/c1-3-15(6-10(16)20-2)12(19)13-5-4-9-14-8(7-21-9)11(17)18/h7H,3-6H2,1-2H3,(H,13,19)(H,17,18). The van der Waals surface area contributed by atoms with Crippen LogP contribution in [0.4, 0.5) is 4.79 Å². The van der Waals surface area contributed by atoms with Gasteiger partial charge in [-0.3, -0.25) is 4.79 Å². The Labute approximate surface area is 125 Å². The van der Waals surface area contributed by atoms with Gasteiger partial charge in [0.05, 0.1) is 12.1 Å². The molecule has 0 saturated carbocycles. The highest BCUT2D eigenvalue weighted by Crippen LogP contribution is 2.09. The number of carbonyl (C=O) groups is 3. The lowest BCUT2D eigenvalue weighted by Gasteiger charge is -2.19. The molecule has 2 amide bonds. The molecule has 2 N–H and O–H groups in total. The van der Waals surface area contributed by atoms with Crippen LogP contribution in [0, 0.1) is 0 Å². The molecule has 0 atom stereocenters. The summed E-state index contributed by atoms with van der Waals surface area (Å²) in [5.74, 6) is -1.56. The first-order valence-electron chi connectivity index (χ1n) is 6.25. The van der Waals surface area contributed by atoms with Gasteiger partial charge in [-0.15, -0.1) is 11.3 Å². The average molecular weight is 315 g/mol. The van der Waals surface area contributed by atoms with Crippen LogP contribution < -0.4 is 5.32 Å². The summed E-state index contributed by atoms with van der Waals surface area (Å²) in [6, 6.07) is -0.377. The Morgan fingerprint density at radius 1 is 1.48 bits per heavy atom. The van der Waals surface area contributed by atoms with E-state index in [1.807, 2.05) is 0 Å². The molecule has 1 aromatic heterocycles. The molecule has 1 heterocycles. The van der Waals surface area contributed by atoms with Gasteiger partial charge in [0.25, 0.3) is 0 Å². The van der Waals surface area contributed by atoms with Gasteiger partial charge in [-0.05, 0) is 6.92 Å². The summed E-state index contributed by atoms with van der Waals surface area (Å²) < 4.78 is 4.51. The molecule has 0 bridgehead atoms. The summed E-state index contributed by atoms with van der Waals surface area (Å²) in [5, 5.41) is 13.5. The van der Waals surface area contributed by atoms with E-state index in [9.17, 15) is 14.4 Å². The first-order chi connectivity index (χ1) is 9.97. The van der Waals surface area contributed by atoms with E-state index in [2.05, 4.69) is 15.0 Å². The predicted molar refractivity (Wildman–Crippen MR) is 75.4 cm³/mol. The van der Waals surface area contributed by atoms with Crippen LogP contribution in [0.1, 0.15) is 22.4 Å². The number of aromatic carboxylic acids is 1. The van der Waals surface area contributed by atoms with Gasteiger partial charge in [-0.25, -0.2) is 14.6 Å². The van der Waals surface area contributed by atoms with Gasteiger partial charge in [-0.1, -0.05) is 0 Å². The number of rotatable bonds is 7. The van der Waals surface area contributed by atoms with Crippen LogP contribution in [0.5, 0.6) is 0 Å². The number of amides is 2. The minimum absolute atomic E-state index is 0.00204. The highest BCUT2D eigenvalue weighted by Gasteiger charge is 2.15. The zero-order valence-electron chi connectivity index (χ0n) is 11.8. The van der Waals surface area contributed by atoms with E-state index in [1.165, 1.54) is 28.7 Å². The molecule has 0 aliphatic heterocycles. The molecule has 1 aromatic rings. The molecule has 0 unspecified atom stereocenters. The Kier molecular flexibility index (Phi) is 6.60. The molecule has 1 rings (SSSR count). The SMILES string of the molecule is CCN(CC(=O)OC)C(=O)NCCc1nc(C(=O)O)cs1.